The molecule has 7 heteroatoms. The third-order valence-corrected chi connectivity index (χ3v) is 6.32. The summed E-state index contributed by atoms with van der Waals surface area (Å²) in [6.45, 7) is 1.83. The fourth-order valence-electron chi connectivity index (χ4n) is 3.44. The van der Waals surface area contributed by atoms with Crippen molar-refractivity contribution >= 4 is 21.8 Å². The lowest BCUT2D eigenvalue weighted by Gasteiger charge is -2.34. The zero-order valence-corrected chi connectivity index (χ0v) is 14.4. The number of piperidine rings is 1. The molecule has 0 aliphatic carbocycles. The van der Waals surface area contributed by atoms with Crippen LogP contribution in [0.25, 0.3) is 6.08 Å². The van der Waals surface area contributed by atoms with E-state index in [1.807, 2.05) is 12.1 Å². The first-order valence-electron chi connectivity index (χ1n) is 8.38. The van der Waals surface area contributed by atoms with Gasteiger partial charge in [-0.1, -0.05) is 12.5 Å². The Hall–Kier alpha value is -1.73. The lowest BCUT2D eigenvalue weighted by molar-refractivity contribution is -0.117. The number of likely N-dealkylation sites (tertiary alicyclic amines) is 1. The minimum atomic E-state index is -3.10. The van der Waals surface area contributed by atoms with Crippen LogP contribution in [0.5, 0.6) is 0 Å². The molecule has 1 aromatic rings. The van der Waals surface area contributed by atoms with Crippen LogP contribution in [0.1, 0.15) is 25.0 Å². The fourth-order valence-corrected chi connectivity index (χ4v) is 5.40. The lowest BCUT2D eigenvalue weighted by Crippen LogP contribution is -2.52. The second-order valence-electron chi connectivity index (χ2n) is 6.44. The molecule has 2 aliphatic heterocycles. The maximum Gasteiger partial charge on any atom is 0.244 e. The number of pyridine rings is 1. The highest BCUT2D eigenvalue weighted by Gasteiger charge is 2.41. The molecule has 1 N–H and O–H groups in total. The zero-order valence-electron chi connectivity index (χ0n) is 13.6. The topological polar surface area (TPSA) is 79.4 Å². The van der Waals surface area contributed by atoms with Gasteiger partial charge in [0.1, 0.15) is 0 Å². The predicted molar refractivity (Wildman–Crippen MR) is 93.1 cm³/mol. The van der Waals surface area contributed by atoms with Crippen LogP contribution in [0.15, 0.2) is 30.5 Å². The summed E-state index contributed by atoms with van der Waals surface area (Å²) in [7, 11) is -3.10. The molecule has 0 aromatic carbocycles. The molecule has 24 heavy (non-hydrogen) atoms. The van der Waals surface area contributed by atoms with Gasteiger partial charge >= 0.3 is 0 Å². The molecule has 2 fully saturated rings. The van der Waals surface area contributed by atoms with Crippen molar-refractivity contribution in [3.8, 4) is 0 Å². The van der Waals surface area contributed by atoms with Crippen LogP contribution in [0.2, 0.25) is 0 Å². The minimum absolute atomic E-state index is 0.0251. The minimum Gasteiger partial charge on any atom is -0.347 e. The number of nitrogens with one attached hydrogen (secondary N) is 1. The number of aromatic nitrogens is 1. The van der Waals surface area contributed by atoms with Gasteiger partial charge in [-0.25, -0.2) is 8.42 Å². The van der Waals surface area contributed by atoms with E-state index in [-0.39, 0.29) is 29.5 Å². The SMILES string of the molecule is O=C(/C=C/c1ccccn1)N[C@@H]1CS(=O)(=O)C[C@H]1N1CCCCC1. The second-order valence-corrected chi connectivity index (χ2v) is 8.60. The second kappa shape index (κ2) is 7.44. The number of rotatable bonds is 4. The predicted octanol–water partition coefficient (Wildman–Crippen LogP) is 0.862. The van der Waals surface area contributed by atoms with Gasteiger partial charge in [-0.05, 0) is 44.1 Å². The van der Waals surface area contributed by atoms with Crippen molar-refractivity contribution in [1.29, 1.82) is 0 Å². The lowest BCUT2D eigenvalue weighted by atomic mass is 10.0. The summed E-state index contributed by atoms with van der Waals surface area (Å²) < 4.78 is 24.1. The number of sulfone groups is 1. The van der Waals surface area contributed by atoms with Crippen LogP contribution < -0.4 is 5.32 Å². The van der Waals surface area contributed by atoms with E-state index in [0.29, 0.717) is 5.69 Å². The molecule has 2 atom stereocenters. The first-order chi connectivity index (χ1) is 11.5. The van der Waals surface area contributed by atoms with E-state index < -0.39 is 9.84 Å². The third kappa shape index (κ3) is 4.42. The van der Waals surface area contributed by atoms with Gasteiger partial charge in [0.2, 0.25) is 5.91 Å². The van der Waals surface area contributed by atoms with E-state index in [1.54, 1.807) is 18.3 Å². The van der Waals surface area contributed by atoms with Crippen molar-refractivity contribution in [3.05, 3.63) is 36.2 Å². The number of hydrogen-bond acceptors (Lipinski definition) is 5. The van der Waals surface area contributed by atoms with Crippen LogP contribution in [-0.2, 0) is 14.6 Å². The highest BCUT2D eigenvalue weighted by Crippen LogP contribution is 2.22. The van der Waals surface area contributed by atoms with Gasteiger partial charge in [0, 0.05) is 18.3 Å². The van der Waals surface area contributed by atoms with E-state index >= 15 is 0 Å². The first-order valence-corrected chi connectivity index (χ1v) is 10.2. The van der Waals surface area contributed by atoms with Crippen molar-refractivity contribution in [3.63, 3.8) is 0 Å². The molecule has 130 valence electrons. The van der Waals surface area contributed by atoms with E-state index in [4.69, 9.17) is 0 Å². The van der Waals surface area contributed by atoms with E-state index in [1.165, 1.54) is 12.5 Å². The summed E-state index contributed by atoms with van der Waals surface area (Å²) >= 11 is 0. The molecule has 0 unspecified atom stereocenters. The molecule has 1 amide bonds. The van der Waals surface area contributed by atoms with Gasteiger partial charge in [-0.2, -0.15) is 0 Å². The van der Waals surface area contributed by atoms with Crippen molar-refractivity contribution in [2.45, 2.75) is 31.3 Å². The highest BCUT2D eigenvalue weighted by molar-refractivity contribution is 7.91. The molecule has 2 aliphatic rings. The summed E-state index contributed by atoms with van der Waals surface area (Å²) in [6, 6.07) is 5.02. The van der Waals surface area contributed by atoms with E-state index in [2.05, 4.69) is 15.2 Å². The van der Waals surface area contributed by atoms with Crippen molar-refractivity contribution in [2.75, 3.05) is 24.6 Å². The number of nitrogens with zero attached hydrogens (tertiary/aromatic N) is 2. The average molecular weight is 349 g/mol. The van der Waals surface area contributed by atoms with Gasteiger partial charge < -0.3 is 5.32 Å². The molecule has 1 aromatic heterocycles. The largest absolute Gasteiger partial charge is 0.347 e. The number of carbonyl (C=O) groups is 1. The molecule has 0 radical (unpaired) electrons. The fraction of sp³-hybridized carbons (Fsp3) is 0.529. The van der Waals surface area contributed by atoms with Crippen LogP contribution in [0.4, 0.5) is 0 Å². The summed E-state index contributed by atoms with van der Waals surface area (Å²) in [5.41, 5.74) is 0.694. The quantitative estimate of drug-likeness (QED) is 0.816. The number of hydrogen-bond donors (Lipinski definition) is 1. The van der Waals surface area contributed by atoms with Crippen LogP contribution in [-0.4, -0.2) is 60.9 Å². The highest BCUT2D eigenvalue weighted by atomic mass is 32.2. The molecule has 3 rings (SSSR count). The van der Waals surface area contributed by atoms with Crippen molar-refractivity contribution in [1.82, 2.24) is 15.2 Å². The van der Waals surface area contributed by atoms with Gasteiger partial charge in [0.05, 0.1) is 23.2 Å². The monoisotopic (exact) mass is 349 g/mol. The van der Waals surface area contributed by atoms with Gasteiger partial charge in [0.15, 0.2) is 9.84 Å². The van der Waals surface area contributed by atoms with Gasteiger partial charge in [-0.15, -0.1) is 0 Å². The van der Waals surface area contributed by atoms with Crippen molar-refractivity contribution < 1.29 is 13.2 Å². The normalized spacial score (nSPS) is 27.3. The Balaban J connectivity index is 1.65. The standard InChI is InChI=1S/C17H23N3O3S/c21-17(8-7-14-6-2-3-9-18-14)19-15-12-24(22,23)13-16(15)20-10-4-1-5-11-20/h2-3,6-9,15-16H,1,4-5,10-13H2,(H,19,21)/b8-7+/t15-,16-/m1/s1. The summed E-state index contributed by atoms with van der Waals surface area (Å²) in [6.07, 6.45) is 8.09. The molecular weight excluding hydrogens is 326 g/mol. The molecule has 0 bridgehead atoms. The Morgan fingerprint density at radius 1 is 1.21 bits per heavy atom. The Morgan fingerprint density at radius 3 is 2.71 bits per heavy atom. The van der Waals surface area contributed by atoms with Crippen molar-refractivity contribution in [2.24, 2.45) is 0 Å². The Kier molecular flexibility index (Phi) is 5.30. The maximum absolute atomic E-state index is 12.2. The Labute approximate surface area is 142 Å². The van der Waals surface area contributed by atoms with E-state index in [9.17, 15) is 13.2 Å². The molecule has 6 nitrogen and oxygen atoms in total. The Morgan fingerprint density at radius 2 is 2.00 bits per heavy atom. The molecule has 0 saturated carbocycles. The van der Waals surface area contributed by atoms with Crippen LogP contribution in [0.3, 0.4) is 0 Å². The van der Waals surface area contributed by atoms with Gasteiger partial charge in [-0.3, -0.25) is 14.7 Å². The molecule has 3 heterocycles. The number of amides is 1. The number of carbonyl (C=O) groups excluding carboxylic acids is 1. The Bertz CT molecular complexity index is 697. The van der Waals surface area contributed by atoms with E-state index in [0.717, 1.165) is 25.9 Å². The first kappa shape index (κ1) is 17.1. The summed E-state index contributed by atoms with van der Waals surface area (Å²) in [5, 5.41) is 2.88. The van der Waals surface area contributed by atoms with Gasteiger partial charge in [0.25, 0.3) is 0 Å². The maximum atomic E-state index is 12.2. The smallest absolute Gasteiger partial charge is 0.244 e. The molecule has 2 saturated heterocycles. The summed E-state index contributed by atoms with van der Waals surface area (Å²) in [4.78, 5) is 18.5. The third-order valence-electron chi connectivity index (χ3n) is 4.60. The summed E-state index contributed by atoms with van der Waals surface area (Å²) in [5.74, 6) is -0.107. The average Bonchev–Trinajstić information content (AvgIpc) is 2.89. The van der Waals surface area contributed by atoms with Crippen LogP contribution >= 0.6 is 0 Å². The molecular formula is C17H23N3O3S. The molecule has 0 spiro atoms. The van der Waals surface area contributed by atoms with Crippen LogP contribution in [0, 0.1) is 0 Å². The zero-order chi connectivity index (χ0) is 17.0.